The minimum Gasteiger partial charge on any atom is -0.208 e. The largest absolute Gasteiger partial charge is 0.240 e. The van der Waals surface area contributed by atoms with Crippen molar-refractivity contribution in [2.24, 2.45) is 5.41 Å². The topological polar surface area (TPSA) is 46.2 Å². The van der Waals surface area contributed by atoms with Crippen LogP contribution in [0, 0.1) is 5.41 Å². The summed E-state index contributed by atoms with van der Waals surface area (Å²) >= 11 is 0. The molecular weight excluding hydrogens is 270 g/mol. The molecule has 1 aliphatic carbocycles. The fourth-order valence-corrected chi connectivity index (χ4v) is 4.19. The molecule has 0 spiro atoms. The van der Waals surface area contributed by atoms with Crippen molar-refractivity contribution in [2.45, 2.75) is 50.5 Å². The van der Waals surface area contributed by atoms with Crippen LogP contribution in [0.4, 0.5) is 0 Å². The fourth-order valence-electron chi connectivity index (χ4n) is 2.75. The van der Waals surface area contributed by atoms with Gasteiger partial charge in [0, 0.05) is 6.04 Å². The maximum Gasteiger partial charge on any atom is 0.240 e. The van der Waals surface area contributed by atoms with Crippen molar-refractivity contribution in [1.29, 1.82) is 0 Å². The van der Waals surface area contributed by atoms with Gasteiger partial charge in [-0.3, -0.25) is 0 Å². The molecule has 4 heteroatoms. The smallest absolute Gasteiger partial charge is 0.208 e. The molecule has 20 heavy (non-hydrogen) atoms. The molecule has 1 unspecified atom stereocenters. The third-order valence-electron chi connectivity index (χ3n) is 4.23. The molecule has 1 saturated carbocycles. The average molecular weight is 293 g/mol. The molecule has 110 valence electrons. The van der Waals surface area contributed by atoms with Crippen LogP contribution < -0.4 is 4.72 Å². The number of nitrogens with one attached hydrogen (secondary N) is 1. The van der Waals surface area contributed by atoms with E-state index in [1.165, 1.54) is 6.42 Å². The van der Waals surface area contributed by atoms with Gasteiger partial charge in [0.15, 0.2) is 0 Å². The highest BCUT2D eigenvalue weighted by Crippen LogP contribution is 2.36. The van der Waals surface area contributed by atoms with Crippen molar-refractivity contribution in [3.63, 3.8) is 0 Å². The van der Waals surface area contributed by atoms with Crippen LogP contribution in [0.2, 0.25) is 0 Å². The highest BCUT2D eigenvalue weighted by atomic mass is 32.2. The average Bonchev–Trinajstić information content (AvgIpc) is 2.41. The third-order valence-corrected chi connectivity index (χ3v) is 5.72. The van der Waals surface area contributed by atoms with Crippen LogP contribution in [0.5, 0.6) is 0 Å². The zero-order valence-corrected chi connectivity index (χ0v) is 13.0. The zero-order valence-electron chi connectivity index (χ0n) is 12.2. The van der Waals surface area contributed by atoms with E-state index in [1.54, 1.807) is 30.3 Å². The number of rotatable bonds is 4. The molecule has 0 amide bonds. The van der Waals surface area contributed by atoms with Crippen molar-refractivity contribution in [3.8, 4) is 0 Å². The first kappa shape index (κ1) is 15.3. The molecule has 1 aromatic carbocycles. The lowest BCUT2D eigenvalue weighted by Gasteiger charge is -2.38. The van der Waals surface area contributed by atoms with Gasteiger partial charge in [0.25, 0.3) is 0 Å². The van der Waals surface area contributed by atoms with E-state index in [0.29, 0.717) is 4.90 Å². The third kappa shape index (κ3) is 3.30. The van der Waals surface area contributed by atoms with Gasteiger partial charge in [-0.05, 0) is 36.0 Å². The SMILES string of the molecule is C=Cc1ccc(S(=O)(=O)NC2CCCCC2(C)C)cc1. The Balaban J connectivity index is 2.19. The Hall–Kier alpha value is -1.13. The Kier molecular flexibility index (Phi) is 4.35. The lowest BCUT2D eigenvalue weighted by molar-refractivity contribution is 0.188. The van der Waals surface area contributed by atoms with E-state index >= 15 is 0 Å². The minimum atomic E-state index is -3.44. The highest BCUT2D eigenvalue weighted by Gasteiger charge is 2.35. The molecule has 0 saturated heterocycles. The van der Waals surface area contributed by atoms with E-state index in [-0.39, 0.29) is 11.5 Å². The van der Waals surface area contributed by atoms with Crippen LogP contribution in [0.25, 0.3) is 6.08 Å². The van der Waals surface area contributed by atoms with Crippen LogP contribution in [0.3, 0.4) is 0 Å². The Morgan fingerprint density at radius 2 is 1.90 bits per heavy atom. The standard InChI is InChI=1S/C16H23NO2S/c1-4-13-8-10-14(11-9-13)20(18,19)17-15-7-5-6-12-16(15,2)3/h4,8-11,15,17H,1,5-7,12H2,2-3H3. The Labute approximate surface area is 122 Å². The molecule has 1 aromatic rings. The van der Waals surface area contributed by atoms with Gasteiger partial charge in [-0.25, -0.2) is 13.1 Å². The molecule has 0 heterocycles. The molecule has 0 aliphatic heterocycles. The Morgan fingerprint density at radius 1 is 1.25 bits per heavy atom. The van der Waals surface area contributed by atoms with Crippen LogP contribution >= 0.6 is 0 Å². The lowest BCUT2D eigenvalue weighted by Crippen LogP contribution is -2.46. The van der Waals surface area contributed by atoms with Crippen molar-refractivity contribution < 1.29 is 8.42 Å². The van der Waals surface area contributed by atoms with Crippen LogP contribution in [-0.4, -0.2) is 14.5 Å². The zero-order chi connectivity index (χ0) is 14.8. The lowest BCUT2D eigenvalue weighted by atomic mass is 9.74. The number of benzene rings is 1. The summed E-state index contributed by atoms with van der Waals surface area (Å²) in [5, 5.41) is 0. The molecule has 3 nitrogen and oxygen atoms in total. The Morgan fingerprint density at radius 3 is 2.45 bits per heavy atom. The van der Waals surface area contributed by atoms with Gasteiger partial charge in [0.2, 0.25) is 10.0 Å². The minimum absolute atomic E-state index is 0.0142. The van der Waals surface area contributed by atoms with E-state index in [1.807, 2.05) is 0 Å². The van der Waals surface area contributed by atoms with Gasteiger partial charge in [0.1, 0.15) is 0 Å². The number of hydrogen-bond donors (Lipinski definition) is 1. The van der Waals surface area contributed by atoms with Crippen LogP contribution in [0.15, 0.2) is 35.7 Å². The van der Waals surface area contributed by atoms with Crippen molar-refractivity contribution in [3.05, 3.63) is 36.4 Å². The van der Waals surface area contributed by atoms with E-state index in [0.717, 1.165) is 24.8 Å². The van der Waals surface area contributed by atoms with Crippen molar-refractivity contribution in [2.75, 3.05) is 0 Å². The summed E-state index contributed by atoms with van der Waals surface area (Å²) in [4.78, 5) is 0.324. The predicted molar refractivity (Wildman–Crippen MR) is 82.9 cm³/mol. The monoisotopic (exact) mass is 293 g/mol. The van der Waals surface area contributed by atoms with Gasteiger partial charge in [-0.2, -0.15) is 0 Å². The van der Waals surface area contributed by atoms with Crippen molar-refractivity contribution in [1.82, 2.24) is 4.72 Å². The second kappa shape index (κ2) is 5.70. The molecule has 1 fully saturated rings. The van der Waals surface area contributed by atoms with Gasteiger partial charge in [-0.15, -0.1) is 0 Å². The predicted octanol–water partition coefficient (Wildman–Crippen LogP) is 3.58. The van der Waals surface area contributed by atoms with E-state index in [9.17, 15) is 8.42 Å². The first-order valence-electron chi connectivity index (χ1n) is 7.10. The quantitative estimate of drug-likeness (QED) is 0.922. The maximum atomic E-state index is 12.5. The summed E-state index contributed by atoms with van der Waals surface area (Å²) in [5.41, 5.74) is 0.939. The molecule has 2 rings (SSSR count). The maximum absolute atomic E-state index is 12.5. The molecule has 1 N–H and O–H groups in total. The first-order chi connectivity index (χ1) is 9.35. The van der Waals surface area contributed by atoms with Crippen LogP contribution in [-0.2, 0) is 10.0 Å². The molecule has 0 bridgehead atoms. The van der Waals surface area contributed by atoms with Crippen molar-refractivity contribution >= 4 is 16.1 Å². The molecule has 0 aromatic heterocycles. The van der Waals surface area contributed by atoms with Gasteiger partial charge < -0.3 is 0 Å². The summed E-state index contributed by atoms with van der Waals surface area (Å²) < 4.78 is 27.8. The number of sulfonamides is 1. The number of hydrogen-bond acceptors (Lipinski definition) is 2. The molecular formula is C16H23NO2S. The fraction of sp³-hybridized carbons (Fsp3) is 0.500. The summed E-state index contributed by atoms with van der Waals surface area (Å²) in [5.74, 6) is 0. The molecule has 1 aliphatic rings. The van der Waals surface area contributed by atoms with E-state index in [2.05, 4.69) is 25.1 Å². The summed E-state index contributed by atoms with van der Waals surface area (Å²) in [6.45, 7) is 7.95. The van der Waals surface area contributed by atoms with Gasteiger partial charge >= 0.3 is 0 Å². The van der Waals surface area contributed by atoms with E-state index < -0.39 is 10.0 Å². The molecule has 0 radical (unpaired) electrons. The van der Waals surface area contributed by atoms with E-state index in [4.69, 9.17) is 0 Å². The summed E-state index contributed by atoms with van der Waals surface area (Å²) in [7, 11) is -3.44. The Bertz CT molecular complexity index is 573. The first-order valence-corrected chi connectivity index (χ1v) is 8.58. The van der Waals surface area contributed by atoms with Crippen LogP contribution in [0.1, 0.15) is 45.1 Å². The normalized spacial score (nSPS) is 22.4. The second-order valence-electron chi connectivity index (χ2n) is 6.18. The summed E-state index contributed by atoms with van der Waals surface area (Å²) in [6.07, 6.45) is 5.95. The molecule has 1 atom stereocenters. The van der Waals surface area contributed by atoms with Gasteiger partial charge in [-0.1, -0.05) is 51.5 Å². The summed E-state index contributed by atoms with van der Waals surface area (Å²) in [6, 6.07) is 6.83. The van der Waals surface area contributed by atoms with Gasteiger partial charge in [0.05, 0.1) is 4.90 Å². The second-order valence-corrected chi connectivity index (χ2v) is 7.90. The highest BCUT2D eigenvalue weighted by molar-refractivity contribution is 7.89.